The van der Waals surface area contributed by atoms with Crippen molar-refractivity contribution >= 4 is 40.2 Å². The van der Waals surface area contributed by atoms with Gasteiger partial charge in [-0.15, -0.1) is 0 Å². The standard InChI is InChI=1S/C50H34BN/c1-6-19-35(20-7-1)49(36-21-8-2-9-22-36)40-29-16-30-41-46(40)52-47-42(49)31-17-33-44(47)51(39-27-14-5-15-28-39)45-34-18-32-43(48(45)52)50(41,37-23-10-3-11-24-37)38-25-12-4-13-26-38/h1-34H. The highest BCUT2D eigenvalue weighted by Crippen LogP contribution is 2.65. The average molecular weight is 660 g/mol. The monoisotopic (exact) mass is 659 g/mol. The van der Waals surface area contributed by atoms with Crippen LogP contribution >= 0.6 is 0 Å². The molecule has 0 aliphatic carbocycles. The van der Waals surface area contributed by atoms with Gasteiger partial charge in [0.1, 0.15) is 0 Å². The van der Waals surface area contributed by atoms with E-state index in [0.29, 0.717) is 0 Å². The first-order valence-corrected chi connectivity index (χ1v) is 18.3. The van der Waals surface area contributed by atoms with Crippen molar-refractivity contribution in [3.8, 4) is 0 Å². The van der Waals surface area contributed by atoms with E-state index in [4.69, 9.17) is 0 Å². The summed E-state index contributed by atoms with van der Waals surface area (Å²) in [7, 11) is 0. The molecule has 8 aromatic carbocycles. The first kappa shape index (κ1) is 29.4. The topological polar surface area (TPSA) is 3.24 Å². The molecule has 242 valence electrons. The summed E-state index contributed by atoms with van der Waals surface area (Å²) in [6.07, 6.45) is 0. The fourth-order valence-electron chi connectivity index (χ4n) is 10.2. The number of nitrogens with zero attached hydrogens (tertiary/aromatic N) is 1. The molecule has 0 aromatic heterocycles. The maximum Gasteiger partial charge on any atom is 0.246 e. The molecule has 0 saturated heterocycles. The molecule has 3 aliphatic rings. The van der Waals surface area contributed by atoms with Gasteiger partial charge in [-0.25, -0.2) is 0 Å². The number of rotatable bonds is 5. The molecule has 1 nitrogen and oxygen atoms in total. The van der Waals surface area contributed by atoms with Crippen LogP contribution in [-0.4, -0.2) is 6.71 Å². The fourth-order valence-corrected chi connectivity index (χ4v) is 10.2. The summed E-state index contributed by atoms with van der Waals surface area (Å²) in [5.74, 6) is 0. The maximum absolute atomic E-state index is 2.67. The Labute approximate surface area is 305 Å². The quantitative estimate of drug-likeness (QED) is 0.167. The van der Waals surface area contributed by atoms with Crippen LogP contribution in [0, 0.1) is 0 Å². The molecule has 8 aromatic rings. The van der Waals surface area contributed by atoms with E-state index < -0.39 is 10.8 Å². The molecule has 11 rings (SSSR count). The predicted molar refractivity (Wildman–Crippen MR) is 216 cm³/mol. The van der Waals surface area contributed by atoms with E-state index in [1.807, 2.05) is 0 Å². The second-order valence-electron chi connectivity index (χ2n) is 14.3. The minimum atomic E-state index is -0.570. The van der Waals surface area contributed by atoms with E-state index in [9.17, 15) is 0 Å². The van der Waals surface area contributed by atoms with Crippen LogP contribution in [0.4, 0.5) is 17.1 Å². The number of anilines is 3. The minimum Gasteiger partial charge on any atom is -0.310 e. The Hall–Kier alpha value is -6.38. The molecule has 0 atom stereocenters. The normalized spacial score (nSPS) is 15.2. The SMILES string of the molecule is c1ccc(B2c3cccc4c3N3c5c2cccc5C(c2ccccc2)(c2ccccc2)c2cccc(c23)C4(c2ccccc2)c2ccccc2)cc1. The van der Waals surface area contributed by atoms with E-state index in [0.717, 1.165) is 0 Å². The lowest BCUT2D eigenvalue weighted by Crippen LogP contribution is -2.61. The van der Waals surface area contributed by atoms with Gasteiger partial charge in [0.25, 0.3) is 0 Å². The summed E-state index contributed by atoms with van der Waals surface area (Å²) >= 11 is 0. The van der Waals surface area contributed by atoms with E-state index >= 15 is 0 Å². The van der Waals surface area contributed by atoms with Gasteiger partial charge >= 0.3 is 0 Å². The van der Waals surface area contributed by atoms with Crippen LogP contribution in [0.25, 0.3) is 0 Å². The van der Waals surface area contributed by atoms with Gasteiger partial charge in [0.2, 0.25) is 6.71 Å². The molecule has 2 heteroatoms. The van der Waals surface area contributed by atoms with Crippen LogP contribution in [0.5, 0.6) is 0 Å². The lowest BCUT2D eigenvalue weighted by molar-refractivity contribution is 0.691. The predicted octanol–water partition coefficient (Wildman–Crippen LogP) is 9.38. The molecule has 3 heterocycles. The Balaban J connectivity index is 1.41. The third-order valence-electron chi connectivity index (χ3n) is 12.0. The fraction of sp³-hybridized carbons (Fsp3) is 0.0400. The summed E-state index contributed by atoms with van der Waals surface area (Å²) in [5, 5.41) is 0. The average Bonchev–Trinajstić information content (AvgIpc) is 3.23. The van der Waals surface area contributed by atoms with Crippen molar-refractivity contribution in [3.05, 3.63) is 251 Å². The Kier molecular flexibility index (Phi) is 6.25. The second kappa shape index (κ2) is 11.1. The molecule has 0 N–H and O–H groups in total. The molecule has 0 fully saturated rings. The second-order valence-corrected chi connectivity index (χ2v) is 14.3. The Morgan fingerprint density at radius 3 is 0.962 bits per heavy atom. The van der Waals surface area contributed by atoms with Crippen molar-refractivity contribution in [2.75, 3.05) is 4.90 Å². The Morgan fingerprint density at radius 2 is 0.596 bits per heavy atom. The van der Waals surface area contributed by atoms with Crippen molar-refractivity contribution < 1.29 is 0 Å². The van der Waals surface area contributed by atoms with Gasteiger partial charge in [0.05, 0.1) is 16.5 Å². The molecule has 52 heavy (non-hydrogen) atoms. The molecule has 3 aliphatic heterocycles. The van der Waals surface area contributed by atoms with Gasteiger partial charge in [-0.3, -0.25) is 0 Å². The lowest BCUT2D eigenvalue weighted by atomic mass is 9.34. The van der Waals surface area contributed by atoms with E-state index in [1.165, 1.54) is 78.0 Å². The summed E-state index contributed by atoms with van der Waals surface area (Å²) in [4.78, 5) is 2.67. The number of benzene rings is 8. The number of hydrogen-bond donors (Lipinski definition) is 0. The molecule has 0 amide bonds. The summed E-state index contributed by atoms with van der Waals surface area (Å²) < 4.78 is 0. The largest absolute Gasteiger partial charge is 0.310 e. The van der Waals surface area contributed by atoms with Crippen LogP contribution in [0.15, 0.2) is 206 Å². The number of hydrogen-bond acceptors (Lipinski definition) is 1. The van der Waals surface area contributed by atoms with Crippen LogP contribution in [0.1, 0.15) is 44.5 Å². The molecule has 0 unspecified atom stereocenters. The van der Waals surface area contributed by atoms with Crippen molar-refractivity contribution in [1.82, 2.24) is 0 Å². The van der Waals surface area contributed by atoms with E-state index in [1.54, 1.807) is 0 Å². The molecule has 0 spiro atoms. The minimum absolute atomic E-state index is 0.0580. The van der Waals surface area contributed by atoms with Gasteiger partial charge < -0.3 is 4.90 Å². The maximum atomic E-state index is 2.67. The van der Waals surface area contributed by atoms with Crippen molar-refractivity contribution in [1.29, 1.82) is 0 Å². The highest BCUT2D eigenvalue weighted by atomic mass is 15.2. The molecule has 0 saturated carbocycles. The van der Waals surface area contributed by atoms with E-state index in [2.05, 4.69) is 211 Å². The van der Waals surface area contributed by atoms with Crippen LogP contribution in [0.2, 0.25) is 0 Å². The van der Waals surface area contributed by atoms with Crippen LogP contribution in [-0.2, 0) is 10.8 Å². The summed E-state index contributed by atoms with van der Waals surface area (Å²) in [5.41, 5.74) is 17.1. The Bertz CT molecular complexity index is 2380. The van der Waals surface area contributed by atoms with Gasteiger partial charge in [-0.05, 0) is 55.4 Å². The zero-order valence-corrected chi connectivity index (χ0v) is 28.7. The van der Waals surface area contributed by atoms with Crippen molar-refractivity contribution in [2.45, 2.75) is 10.8 Å². The molecule has 0 radical (unpaired) electrons. The zero-order chi connectivity index (χ0) is 34.3. The molecule has 0 bridgehead atoms. The van der Waals surface area contributed by atoms with Crippen molar-refractivity contribution in [3.63, 3.8) is 0 Å². The first-order valence-electron chi connectivity index (χ1n) is 18.3. The molecular weight excluding hydrogens is 625 g/mol. The highest BCUT2D eigenvalue weighted by Gasteiger charge is 2.56. The smallest absolute Gasteiger partial charge is 0.246 e. The lowest BCUT2D eigenvalue weighted by Gasteiger charge is -2.56. The Morgan fingerprint density at radius 1 is 0.288 bits per heavy atom. The summed E-state index contributed by atoms with van der Waals surface area (Å²) in [6.45, 7) is 0.0580. The van der Waals surface area contributed by atoms with Gasteiger partial charge in [-0.1, -0.05) is 212 Å². The summed E-state index contributed by atoms with van der Waals surface area (Å²) in [6, 6.07) is 77.3. The third kappa shape index (κ3) is 3.64. The van der Waals surface area contributed by atoms with Crippen LogP contribution in [0.3, 0.4) is 0 Å². The van der Waals surface area contributed by atoms with Gasteiger partial charge in [-0.2, -0.15) is 0 Å². The van der Waals surface area contributed by atoms with Crippen molar-refractivity contribution in [2.24, 2.45) is 0 Å². The van der Waals surface area contributed by atoms with Gasteiger partial charge in [0.15, 0.2) is 0 Å². The van der Waals surface area contributed by atoms with E-state index in [-0.39, 0.29) is 6.71 Å². The third-order valence-corrected chi connectivity index (χ3v) is 12.0. The number of para-hydroxylation sites is 3. The van der Waals surface area contributed by atoms with Gasteiger partial charge in [0, 0.05) is 11.4 Å². The highest BCUT2D eigenvalue weighted by molar-refractivity contribution is 6.98. The molecular formula is C50H34BN. The zero-order valence-electron chi connectivity index (χ0n) is 28.7. The first-order chi connectivity index (χ1) is 25.8. The van der Waals surface area contributed by atoms with Crippen LogP contribution < -0.4 is 21.3 Å².